The van der Waals surface area contributed by atoms with Gasteiger partial charge in [0.05, 0.1) is 0 Å². The highest BCUT2D eigenvalue weighted by Crippen LogP contribution is 2.29. The Hall–Kier alpha value is -0.550. The molecule has 0 aliphatic heterocycles. The highest BCUT2D eigenvalue weighted by Gasteiger charge is 2.16. The lowest BCUT2D eigenvalue weighted by Crippen LogP contribution is -1.57. The van der Waals surface area contributed by atoms with E-state index in [0.717, 1.165) is 0 Å². The molecule has 0 atom stereocenters. The van der Waals surface area contributed by atoms with E-state index < -0.39 is 0 Å². The molecule has 0 heterocycles. The molecule has 1 fully saturated rings. The van der Waals surface area contributed by atoms with E-state index in [1.54, 1.807) is 0 Å². The predicted octanol–water partition coefficient (Wildman–Crippen LogP) is 2.42. The van der Waals surface area contributed by atoms with Crippen LogP contribution in [0.4, 0.5) is 4.39 Å². The fourth-order valence-electron chi connectivity index (χ4n) is 0.496. The molecule has 1 saturated carbocycles. The van der Waals surface area contributed by atoms with Crippen LogP contribution in [0.3, 0.4) is 0 Å². The first-order valence-electron chi connectivity index (χ1n) is 2.88. The van der Waals surface area contributed by atoms with Crippen molar-refractivity contribution in [2.24, 2.45) is 5.92 Å². The van der Waals surface area contributed by atoms with Gasteiger partial charge < -0.3 is 0 Å². The lowest BCUT2D eigenvalue weighted by Gasteiger charge is -1.71. The van der Waals surface area contributed by atoms with Crippen molar-refractivity contribution in [2.75, 3.05) is 0 Å². The first-order chi connectivity index (χ1) is 3.79. The SMILES string of the molecule is CC(F)=C=CC1CC1. The van der Waals surface area contributed by atoms with E-state index >= 15 is 0 Å². The fourth-order valence-corrected chi connectivity index (χ4v) is 0.496. The summed E-state index contributed by atoms with van der Waals surface area (Å²) in [5, 5.41) is 0. The van der Waals surface area contributed by atoms with Gasteiger partial charge in [0.2, 0.25) is 0 Å². The number of rotatable bonds is 1. The highest BCUT2D eigenvalue weighted by atomic mass is 19.1. The van der Waals surface area contributed by atoms with E-state index in [0.29, 0.717) is 5.92 Å². The maximum absolute atomic E-state index is 11.9. The second-order valence-corrected chi connectivity index (χ2v) is 2.18. The Morgan fingerprint density at radius 3 is 2.75 bits per heavy atom. The minimum atomic E-state index is -0.211. The molecule has 0 bridgehead atoms. The van der Waals surface area contributed by atoms with Crippen LogP contribution in [0.2, 0.25) is 0 Å². The van der Waals surface area contributed by atoms with Crippen LogP contribution in [-0.4, -0.2) is 0 Å². The Morgan fingerprint density at radius 2 is 2.38 bits per heavy atom. The third-order valence-electron chi connectivity index (χ3n) is 1.14. The maximum Gasteiger partial charge on any atom is 0.138 e. The van der Waals surface area contributed by atoms with Crippen molar-refractivity contribution in [3.05, 3.63) is 17.6 Å². The summed E-state index contributed by atoms with van der Waals surface area (Å²) in [6.45, 7) is 1.42. The smallest absolute Gasteiger partial charge is 0.138 e. The zero-order chi connectivity index (χ0) is 5.98. The predicted molar refractivity (Wildman–Crippen MR) is 31.1 cm³/mol. The lowest BCUT2D eigenvalue weighted by molar-refractivity contribution is 0.642. The van der Waals surface area contributed by atoms with Gasteiger partial charge in [0.1, 0.15) is 5.83 Å². The molecular weight excluding hydrogens is 103 g/mol. The van der Waals surface area contributed by atoms with Crippen molar-refractivity contribution in [1.29, 1.82) is 0 Å². The molecule has 1 aliphatic carbocycles. The Balaban J connectivity index is 2.43. The van der Waals surface area contributed by atoms with Gasteiger partial charge in [0.25, 0.3) is 0 Å². The fraction of sp³-hybridized carbons (Fsp3) is 0.571. The maximum atomic E-state index is 11.9. The van der Waals surface area contributed by atoms with Gasteiger partial charge in [0, 0.05) is 0 Å². The summed E-state index contributed by atoms with van der Waals surface area (Å²) in [5.41, 5.74) is 2.53. The Kier molecular flexibility index (Phi) is 1.50. The summed E-state index contributed by atoms with van der Waals surface area (Å²) in [5.74, 6) is 0.428. The molecule has 1 rings (SSSR count). The van der Waals surface area contributed by atoms with E-state index in [1.165, 1.54) is 19.8 Å². The van der Waals surface area contributed by atoms with E-state index in [4.69, 9.17) is 0 Å². The Morgan fingerprint density at radius 1 is 1.75 bits per heavy atom. The third kappa shape index (κ3) is 1.94. The molecule has 8 heavy (non-hydrogen) atoms. The van der Waals surface area contributed by atoms with Crippen LogP contribution in [0.5, 0.6) is 0 Å². The first-order valence-corrected chi connectivity index (χ1v) is 2.88. The van der Waals surface area contributed by atoms with Gasteiger partial charge in [-0.2, -0.15) is 0 Å². The monoisotopic (exact) mass is 112 g/mol. The molecule has 44 valence electrons. The molecule has 1 aliphatic rings. The second kappa shape index (κ2) is 2.15. The normalized spacial score (nSPS) is 17.2. The van der Waals surface area contributed by atoms with Gasteiger partial charge in [0.15, 0.2) is 0 Å². The van der Waals surface area contributed by atoms with Crippen molar-refractivity contribution >= 4 is 0 Å². The zero-order valence-electron chi connectivity index (χ0n) is 4.95. The summed E-state index contributed by atoms with van der Waals surface area (Å²) in [6, 6.07) is 0. The molecule has 0 unspecified atom stereocenters. The van der Waals surface area contributed by atoms with Crippen molar-refractivity contribution in [2.45, 2.75) is 19.8 Å². The van der Waals surface area contributed by atoms with Crippen molar-refractivity contribution in [3.63, 3.8) is 0 Å². The van der Waals surface area contributed by atoms with Crippen molar-refractivity contribution in [1.82, 2.24) is 0 Å². The minimum absolute atomic E-state index is 0.211. The summed E-state index contributed by atoms with van der Waals surface area (Å²) < 4.78 is 11.9. The third-order valence-corrected chi connectivity index (χ3v) is 1.14. The van der Waals surface area contributed by atoms with Gasteiger partial charge in [-0.05, 0) is 31.8 Å². The van der Waals surface area contributed by atoms with Crippen molar-refractivity contribution < 1.29 is 4.39 Å². The molecule has 0 spiro atoms. The van der Waals surface area contributed by atoms with Crippen LogP contribution in [0.25, 0.3) is 0 Å². The summed E-state index contributed by atoms with van der Waals surface area (Å²) in [4.78, 5) is 0. The van der Waals surface area contributed by atoms with E-state index in [2.05, 4.69) is 5.73 Å². The molecule has 0 saturated heterocycles. The Labute approximate surface area is 48.7 Å². The van der Waals surface area contributed by atoms with Gasteiger partial charge >= 0.3 is 0 Å². The highest BCUT2D eigenvalue weighted by molar-refractivity contribution is 4.97. The molecule has 0 aromatic heterocycles. The number of hydrogen-bond acceptors (Lipinski definition) is 0. The molecule has 1 heteroatoms. The van der Waals surface area contributed by atoms with E-state index in [-0.39, 0.29) is 5.83 Å². The van der Waals surface area contributed by atoms with Crippen LogP contribution in [0, 0.1) is 5.92 Å². The van der Waals surface area contributed by atoms with Gasteiger partial charge in [-0.25, -0.2) is 4.39 Å². The second-order valence-electron chi connectivity index (χ2n) is 2.18. The minimum Gasteiger partial charge on any atom is -0.203 e. The molecule has 0 radical (unpaired) electrons. The molecule has 0 N–H and O–H groups in total. The quantitative estimate of drug-likeness (QED) is 0.457. The number of halogens is 1. The topological polar surface area (TPSA) is 0 Å². The van der Waals surface area contributed by atoms with Crippen LogP contribution >= 0.6 is 0 Å². The molecule has 0 aromatic rings. The van der Waals surface area contributed by atoms with Crippen LogP contribution in [0.15, 0.2) is 17.6 Å². The average Bonchev–Trinajstić information content (AvgIpc) is 2.41. The molecule has 0 aromatic carbocycles. The molecule has 0 nitrogen and oxygen atoms in total. The number of hydrogen-bond donors (Lipinski definition) is 0. The van der Waals surface area contributed by atoms with Gasteiger partial charge in [-0.3, -0.25) is 0 Å². The summed E-state index contributed by atoms with van der Waals surface area (Å²) in [6.07, 6.45) is 4.26. The number of allylic oxidation sites excluding steroid dienone is 1. The van der Waals surface area contributed by atoms with Crippen LogP contribution < -0.4 is 0 Å². The zero-order valence-corrected chi connectivity index (χ0v) is 4.95. The lowest BCUT2D eigenvalue weighted by atomic mass is 10.4. The standard InChI is InChI=1S/C7H9F/c1-6(8)2-3-7-4-5-7/h3,7H,4-5H2,1H3. The van der Waals surface area contributed by atoms with Crippen molar-refractivity contribution in [3.8, 4) is 0 Å². The summed E-state index contributed by atoms with van der Waals surface area (Å²) in [7, 11) is 0. The van der Waals surface area contributed by atoms with E-state index in [1.807, 2.05) is 6.08 Å². The van der Waals surface area contributed by atoms with Gasteiger partial charge in [-0.1, -0.05) is 5.73 Å². The molecule has 0 amide bonds. The van der Waals surface area contributed by atoms with Crippen LogP contribution in [0.1, 0.15) is 19.8 Å². The molecular formula is C7H9F. The van der Waals surface area contributed by atoms with Gasteiger partial charge in [-0.15, -0.1) is 0 Å². The summed E-state index contributed by atoms with van der Waals surface area (Å²) >= 11 is 0. The first kappa shape index (κ1) is 5.58. The average molecular weight is 112 g/mol. The van der Waals surface area contributed by atoms with E-state index in [9.17, 15) is 4.39 Å². The Bertz CT molecular complexity index is 132. The van der Waals surface area contributed by atoms with Crippen LogP contribution in [-0.2, 0) is 0 Å². The largest absolute Gasteiger partial charge is 0.203 e.